The Morgan fingerprint density at radius 1 is 1.39 bits per heavy atom. The summed E-state index contributed by atoms with van der Waals surface area (Å²) in [7, 11) is 0. The highest BCUT2D eigenvalue weighted by Gasteiger charge is 2.45. The molecule has 0 heterocycles. The summed E-state index contributed by atoms with van der Waals surface area (Å²) >= 11 is 3.43. The number of benzene rings is 1. The summed E-state index contributed by atoms with van der Waals surface area (Å²) in [5.74, 6) is 0.674. The summed E-state index contributed by atoms with van der Waals surface area (Å²) in [5.41, 5.74) is 2.19. The lowest BCUT2D eigenvalue weighted by atomic mass is 9.92. The van der Waals surface area contributed by atoms with E-state index in [0.717, 1.165) is 22.1 Å². The molecular weight excluding hydrogens is 290 g/mol. The van der Waals surface area contributed by atoms with E-state index in [4.69, 9.17) is 0 Å². The second-order valence-corrected chi connectivity index (χ2v) is 6.63. The minimum absolute atomic E-state index is 0.0336. The van der Waals surface area contributed by atoms with Crippen molar-refractivity contribution >= 4 is 21.8 Å². The third-order valence-corrected chi connectivity index (χ3v) is 4.48. The molecule has 1 aromatic carbocycles. The summed E-state index contributed by atoms with van der Waals surface area (Å²) in [6.07, 6.45) is 2.48. The lowest BCUT2D eigenvalue weighted by Gasteiger charge is -2.20. The summed E-state index contributed by atoms with van der Waals surface area (Å²) in [4.78, 5) is 12.1. The van der Waals surface area contributed by atoms with Gasteiger partial charge in [0.05, 0.1) is 0 Å². The molecule has 1 aliphatic rings. The highest BCUT2D eigenvalue weighted by molar-refractivity contribution is 9.10. The second-order valence-electron chi connectivity index (χ2n) is 5.72. The van der Waals surface area contributed by atoms with E-state index in [0.29, 0.717) is 11.3 Å². The highest BCUT2D eigenvalue weighted by atomic mass is 79.9. The van der Waals surface area contributed by atoms with Crippen LogP contribution in [-0.2, 0) is 0 Å². The quantitative estimate of drug-likeness (QED) is 0.897. The molecule has 1 saturated carbocycles. The third kappa shape index (κ3) is 2.94. The Balaban J connectivity index is 2.00. The van der Waals surface area contributed by atoms with Crippen LogP contribution in [0.15, 0.2) is 22.7 Å². The number of hydrogen-bond donors (Lipinski definition) is 1. The Morgan fingerprint density at radius 3 is 2.56 bits per heavy atom. The standard InChI is InChI=1S/C15H20BrNO/c1-10(2)15(4-5-15)9-17-14(18)12-6-11(3)7-13(16)8-12/h6-8,10H,4-5,9H2,1-3H3,(H,17,18). The van der Waals surface area contributed by atoms with E-state index >= 15 is 0 Å². The van der Waals surface area contributed by atoms with Gasteiger partial charge in [-0.25, -0.2) is 0 Å². The molecule has 1 aliphatic carbocycles. The predicted octanol–water partition coefficient (Wildman–Crippen LogP) is 3.92. The molecule has 2 nitrogen and oxygen atoms in total. The van der Waals surface area contributed by atoms with Crippen LogP contribution in [0.1, 0.15) is 42.6 Å². The van der Waals surface area contributed by atoms with Crippen molar-refractivity contribution in [3.05, 3.63) is 33.8 Å². The largest absolute Gasteiger partial charge is 0.351 e. The smallest absolute Gasteiger partial charge is 0.251 e. The molecule has 0 saturated heterocycles. The maximum absolute atomic E-state index is 12.1. The topological polar surface area (TPSA) is 29.1 Å². The van der Waals surface area contributed by atoms with E-state index in [9.17, 15) is 4.79 Å². The van der Waals surface area contributed by atoms with E-state index in [1.807, 2.05) is 25.1 Å². The van der Waals surface area contributed by atoms with Crippen LogP contribution in [0, 0.1) is 18.3 Å². The zero-order chi connectivity index (χ0) is 13.3. The third-order valence-electron chi connectivity index (χ3n) is 4.02. The van der Waals surface area contributed by atoms with Gasteiger partial charge in [-0.05, 0) is 54.9 Å². The van der Waals surface area contributed by atoms with E-state index in [1.54, 1.807) is 0 Å². The summed E-state index contributed by atoms with van der Waals surface area (Å²) in [6.45, 7) is 7.28. The molecular formula is C15H20BrNO. The molecule has 0 unspecified atom stereocenters. The van der Waals surface area contributed by atoms with Crippen molar-refractivity contribution < 1.29 is 4.79 Å². The van der Waals surface area contributed by atoms with Gasteiger partial charge < -0.3 is 5.32 Å². The van der Waals surface area contributed by atoms with Crippen LogP contribution in [0.4, 0.5) is 0 Å². The fourth-order valence-electron chi connectivity index (χ4n) is 2.34. The first kappa shape index (κ1) is 13.6. The second kappa shape index (κ2) is 5.04. The van der Waals surface area contributed by atoms with Crippen LogP contribution in [0.25, 0.3) is 0 Å². The maximum Gasteiger partial charge on any atom is 0.251 e. The zero-order valence-electron chi connectivity index (χ0n) is 11.2. The Hall–Kier alpha value is -0.830. The van der Waals surface area contributed by atoms with E-state index in [2.05, 4.69) is 35.1 Å². The lowest BCUT2D eigenvalue weighted by molar-refractivity contribution is 0.0939. The van der Waals surface area contributed by atoms with Gasteiger partial charge in [0.1, 0.15) is 0 Å². The molecule has 0 spiro atoms. The van der Waals surface area contributed by atoms with Gasteiger partial charge in [-0.15, -0.1) is 0 Å². The monoisotopic (exact) mass is 309 g/mol. The first-order valence-electron chi connectivity index (χ1n) is 6.48. The van der Waals surface area contributed by atoms with Gasteiger partial charge in [-0.3, -0.25) is 4.79 Å². The molecule has 2 rings (SSSR count). The highest BCUT2D eigenvalue weighted by Crippen LogP contribution is 2.51. The van der Waals surface area contributed by atoms with Crippen molar-refractivity contribution in [1.29, 1.82) is 0 Å². The molecule has 1 amide bonds. The molecule has 1 aromatic rings. The molecule has 0 aromatic heterocycles. The SMILES string of the molecule is Cc1cc(Br)cc(C(=O)NCC2(C(C)C)CC2)c1. The van der Waals surface area contributed by atoms with E-state index in [1.165, 1.54) is 12.8 Å². The first-order chi connectivity index (χ1) is 8.43. The number of aryl methyl sites for hydroxylation is 1. The first-order valence-corrected chi connectivity index (χ1v) is 7.28. The van der Waals surface area contributed by atoms with Crippen molar-refractivity contribution in [2.24, 2.45) is 11.3 Å². The van der Waals surface area contributed by atoms with Crippen LogP contribution in [0.3, 0.4) is 0 Å². The van der Waals surface area contributed by atoms with Crippen molar-refractivity contribution in [2.45, 2.75) is 33.6 Å². The van der Waals surface area contributed by atoms with Crippen LogP contribution in [0.2, 0.25) is 0 Å². The van der Waals surface area contributed by atoms with Crippen molar-refractivity contribution in [3.63, 3.8) is 0 Å². The number of carbonyl (C=O) groups is 1. The molecule has 0 atom stereocenters. The summed E-state index contributed by atoms with van der Waals surface area (Å²) in [5, 5.41) is 3.08. The minimum atomic E-state index is 0.0336. The number of nitrogens with one attached hydrogen (secondary N) is 1. The average Bonchev–Trinajstić information content (AvgIpc) is 3.05. The fraction of sp³-hybridized carbons (Fsp3) is 0.533. The van der Waals surface area contributed by atoms with Crippen LogP contribution >= 0.6 is 15.9 Å². The van der Waals surface area contributed by atoms with Gasteiger partial charge in [0.15, 0.2) is 0 Å². The van der Waals surface area contributed by atoms with Gasteiger partial charge >= 0.3 is 0 Å². The van der Waals surface area contributed by atoms with Gasteiger partial charge in [-0.2, -0.15) is 0 Å². The van der Waals surface area contributed by atoms with Crippen LogP contribution < -0.4 is 5.32 Å². The molecule has 0 aliphatic heterocycles. The van der Waals surface area contributed by atoms with Gasteiger partial charge in [-0.1, -0.05) is 29.8 Å². The number of rotatable bonds is 4. The van der Waals surface area contributed by atoms with E-state index < -0.39 is 0 Å². The molecule has 0 bridgehead atoms. The molecule has 0 radical (unpaired) electrons. The van der Waals surface area contributed by atoms with Gasteiger partial charge in [0.2, 0.25) is 0 Å². The zero-order valence-corrected chi connectivity index (χ0v) is 12.8. The van der Waals surface area contributed by atoms with Gasteiger partial charge in [0.25, 0.3) is 5.91 Å². The Kier molecular flexibility index (Phi) is 3.81. The maximum atomic E-state index is 12.1. The lowest BCUT2D eigenvalue weighted by Crippen LogP contribution is -2.32. The molecule has 1 N–H and O–H groups in total. The Bertz CT molecular complexity index is 443. The predicted molar refractivity (Wildman–Crippen MR) is 77.7 cm³/mol. The minimum Gasteiger partial charge on any atom is -0.351 e. The van der Waals surface area contributed by atoms with Crippen LogP contribution in [0.5, 0.6) is 0 Å². The fourth-order valence-corrected chi connectivity index (χ4v) is 2.95. The molecule has 18 heavy (non-hydrogen) atoms. The van der Waals surface area contributed by atoms with Crippen molar-refractivity contribution in [1.82, 2.24) is 5.32 Å². The molecule has 98 valence electrons. The summed E-state index contributed by atoms with van der Waals surface area (Å²) < 4.78 is 0.956. The molecule has 3 heteroatoms. The number of hydrogen-bond acceptors (Lipinski definition) is 1. The van der Waals surface area contributed by atoms with Crippen molar-refractivity contribution in [3.8, 4) is 0 Å². The van der Waals surface area contributed by atoms with Gasteiger partial charge in [0, 0.05) is 16.6 Å². The molecule has 1 fully saturated rings. The Morgan fingerprint density at radius 2 is 2.06 bits per heavy atom. The summed E-state index contributed by atoms with van der Waals surface area (Å²) in [6, 6.07) is 5.81. The number of amides is 1. The Labute approximate surface area is 117 Å². The normalized spacial score (nSPS) is 16.7. The number of halogens is 1. The van der Waals surface area contributed by atoms with E-state index in [-0.39, 0.29) is 5.91 Å². The number of carbonyl (C=O) groups excluding carboxylic acids is 1. The van der Waals surface area contributed by atoms with Crippen LogP contribution in [-0.4, -0.2) is 12.5 Å². The average molecular weight is 310 g/mol. The van der Waals surface area contributed by atoms with Crippen molar-refractivity contribution in [2.75, 3.05) is 6.54 Å².